The van der Waals surface area contributed by atoms with Gasteiger partial charge in [-0.2, -0.15) is 13.2 Å². The highest BCUT2D eigenvalue weighted by Crippen LogP contribution is 2.29. The molecular formula is C19H10F7N3O6. The Morgan fingerprint density at radius 1 is 0.943 bits per heavy atom. The predicted molar refractivity (Wildman–Crippen MR) is 96.8 cm³/mol. The number of hydrogen-bond donors (Lipinski definition) is 1. The molecule has 35 heavy (non-hydrogen) atoms. The van der Waals surface area contributed by atoms with E-state index in [9.17, 15) is 40.3 Å². The van der Waals surface area contributed by atoms with Gasteiger partial charge in [-0.15, -0.1) is 13.2 Å². The highest BCUT2D eigenvalue weighted by molar-refractivity contribution is 5.98. The van der Waals surface area contributed by atoms with Crippen LogP contribution in [0.15, 0.2) is 42.5 Å². The number of aromatic nitrogens is 3. The fourth-order valence-electron chi connectivity index (χ4n) is 2.33. The van der Waals surface area contributed by atoms with Crippen LogP contribution < -0.4 is 14.2 Å². The zero-order chi connectivity index (χ0) is 25.8. The van der Waals surface area contributed by atoms with E-state index < -0.39 is 53.4 Å². The Morgan fingerprint density at radius 3 is 2.23 bits per heavy atom. The van der Waals surface area contributed by atoms with Crippen LogP contribution in [0.2, 0.25) is 0 Å². The second-order valence-corrected chi connectivity index (χ2v) is 6.34. The van der Waals surface area contributed by atoms with Gasteiger partial charge in [-0.05, 0) is 29.8 Å². The minimum Gasteiger partial charge on any atom is -0.486 e. The predicted octanol–water partition coefficient (Wildman–Crippen LogP) is 4.46. The molecule has 1 heterocycles. The van der Waals surface area contributed by atoms with Gasteiger partial charge in [-0.25, -0.2) is 19.1 Å². The van der Waals surface area contributed by atoms with Gasteiger partial charge in [0.05, 0.1) is 0 Å². The SMILES string of the molecule is O=C(OC(=O)C(F)(F)F)c1[nH]nnc1Oc1ccc(F)c(OCc2ccc(OC(F)(F)F)cc2)c1. The maximum absolute atomic E-state index is 14.1. The number of halogens is 7. The van der Waals surface area contributed by atoms with Crippen LogP contribution in [-0.4, -0.2) is 39.9 Å². The molecule has 3 aromatic rings. The number of alkyl halides is 6. The Morgan fingerprint density at radius 2 is 1.60 bits per heavy atom. The Bertz CT molecular complexity index is 1210. The number of ether oxygens (including phenoxy) is 4. The molecule has 0 saturated carbocycles. The standard InChI is InChI=1S/C19H10F7N3O6/c20-12-6-5-11(33-15-14(27-29-28-15)16(30)34-17(31)18(21,22)23)7-13(12)32-8-9-1-3-10(4-2-9)35-19(24,25)26/h1-7H,8H2,(H,27,28,29). The molecule has 0 aliphatic heterocycles. The molecule has 0 aliphatic rings. The topological polar surface area (TPSA) is 113 Å². The van der Waals surface area contributed by atoms with Crippen LogP contribution in [0.1, 0.15) is 16.1 Å². The number of nitrogens with one attached hydrogen (secondary N) is 1. The normalized spacial score (nSPS) is 11.6. The molecule has 0 spiro atoms. The van der Waals surface area contributed by atoms with Crippen LogP contribution in [-0.2, 0) is 16.1 Å². The highest BCUT2D eigenvalue weighted by atomic mass is 19.4. The molecular weight excluding hydrogens is 499 g/mol. The van der Waals surface area contributed by atoms with Gasteiger partial charge in [0.1, 0.15) is 18.1 Å². The third-order valence-electron chi connectivity index (χ3n) is 3.81. The minimum atomic E-state index is -5.43. The van der Waals surface area contributed by atoms with Gasteiger partial charge in [-0.3, -0.25) is 0 Å². The molecule has 0 aliphatic carbocycles. The molecule has 0 bridgehead atoms. The number of aromatic amines is 1. The van der Waals surface area contributed by atoms with E-state index in [0.29, 0.717) is 5.56 Å². The average Bonchev–Trinajstić information content (AvgIpc) is 3.21. The first-order valence-corrected chi connectivity index (χ1v) is 9.01. The van der Waals surface area contributed by atoms with Gasteiger partial charge in [-0.1, -0.05) is 22.4 Å². The van der Waals surface area contributed by atoms with Gasteiger partial charge in [0.25, 0.3) is 5.88 Å². The molecule has 1 N–H and O–H groups in total. The van der Waals surface area contributed by atoms with Gasteiger partial charge in [0.2, 0.25) is 5.69 Å². The maximum atomic E-state index is 14.1. The summed E-state index contributed by atoms with van der Waals surface area (Å²) < 4.78 is 105. The van der Waals surface area contributed by atoms with Crippen molar-refractivity contribution in [2.24, 2.45) is 0 Å². The van der Waals surface area contributed by atoms with Crippen molar-refractivity contribution in [1.82, 2.24) is 15.4 Å². The lowest BCUT2D eigenvalue weighted by Gasteiger charge is -2.11. The van der Waals surface area contributed by atoms with Crippen LogP contribution in [0.5, 0.6) is 23.1 Å². The number of rotatable bonds is 7. The van der Waals surface area contributed by atoms with Crippen LogP contribution in [0, 0.1) is 5.82 Å². The first-order valence-electron chi connectivity index (χ1n) is 9.01. The summed E-state index contributed by atoms with van der Waals surface area (Å²) in [5.74, 6) is -7.20. The van der Waals surface area contributed by atoms with Crippen LogP contribution >= 0.6 is 0 Å². The molecule has 0 saturated heterocycles. The van der Waals surface area contributed by atoms with Crippen molar-refractivity contribution in [2.45, 2.75) is 19.1 Å². The zero-order valence-electron chi connectivity index (χ0n) is 16.7. The number of carbonyl (C=O) groups is 2. The van der Waals surface area contributed by atoms with Crippen LogP contribution in [0.25, 0.3) is 0 Å². The smallest absolute Gasteiger partial charge is 0.486 e. The lowest BCUT2D eigenvalue weighted by molar-refractivity contribution is -0.274. The second-order valence-electron chi connectivity index (χ2n) is 6.34. The van der Waals surface area contributed by atoms with Gasteiger partial charge >= 0.3 is 24.5 Å². The van der Waals surface area contributed by atoms with Crippen molar-refractivity contribution in [3.8, 4) is 23.1 Å². The van der Waals surface area contributed by atoms with E-state index in [1.807, 2.05) is 5.10 Å². The Hall–Kier alpha value is -4.37. The lowest BCUT2D eigenvalue weighted by atomic mass is 10.2. The van der Waals surface area contributed by atoms with E-state index in [2.05, 4.69) is 19.8 Å². The summed E-state index contributed by atoms with van der Waals surface area (Å²) in [7, 11) is 0. The number of esters is 2. The van der Waals surface area contributed by atoms with Crippen LogP contribution in [0.3, 0.4) is 0 Å². The molecule has 2 aromatic carbocycles. The Labute approximate surface area is 189 Å². The third kappa shape index (κ3) is 7.05. The summed E-state index contributed by atoms with van der Waals surface area (Å²) >= 11 is 0. The molecule has 186 valence electrons. The van der Waals surface area contributed by atoms with Crippen molar-refractivity contribution in [1.29, 1.82) is 0 Å². The largest absolute Gasteiger partial charge is 0.573 e. The van der Waals surface area contributed by atoms with E-state index in [4.69, 9.17) is 9.47 Å². The van der Waals surface area contributed by atoms with Gasteiger partial charge < -0.3 is 18.9 Å². The molecule has 0 radical (unpaired) electrons. The summed E-state index contributed by atoms with van der Waals surface area (Å²) in [5, 5.41) is 8.42. The van der Waals surface area contributed by atoms with Crippen LogP contribution in [0.4, 0.5) is 30.7 Å². The summed E-state index contributed by atoms with van der Waals surface area (Å²) in [5.41, 5.74) is -0.489. The van der Waals surface area contributed by atoms with Crippen molar-refractivity contribution in [3.63, 3.8) is 0 Å². The third-order valence-corrected chi connectivity index (χ3v) is 3.81. The van der Waals surface area contributed by atoms with E-state index in [0.717, 1.165) is 30.3 Å². The van der Waals surface area contributed by atoms with Crippen molar-refractivity contribution < 1.29 is 59.3 Å². The number of benzene rings is 2. The molecule has 0 unspecified atom stereocenters. The number of hydrogen-bond acceptors (Lipinski definition) is 8. The molecule has 16 heteroatoms. The van der Waals surface area contributed by atoms with E-state index >= 15 is 0 Å². The number of carbonyl (C=O) groups excluding carboxylic acids is 2. The quantitative estimate of drug-likeness (QED) is 0.282. The summed E-state index contributed by atoms with van der Waals surface area (Å²) in [4.78, 5) is 22.6. The Balaban J connectivity index is 1.67. The lowest BCUT2D eigenvalue weighted by Crippen LogP contribution is -2.28. The second kappa shape index (κ2) is 9.86. The first kappa shape index (κ1) is 25.3. The van der Waals surface area contributed by atoms with Crippen molar-refractivity contribution >= 4 is 11.9 Å². The minimum absolute atomic E-state index is 0.208. The molecule has 9 nitrogen and oxygen atoms in total. The number of H-pyrrole nitrogens is 1. The molecule has 0 fully saturated rings. The van der Waals surface area contributed by atoms with E-state index in [-0.39, 0.29) is 12.4 Å². The van der Waals surface area contributed by atoms with Crippen molar-refractivity contribution in [2.75, 3.05) is 0 Å². The fourth-order valence-corrected chi connectivity index (χ4v) is 2.33. The monoisotopic (exact) mass is 509 g/mol. The Kier molecular flexibility index (Phi) is 7.12. The average molecular weight is 509 g/mol. The van der Waals surface area contributed by atoms with E-state index in [1.165, 1.54) is 12.1 Å². The molecule has 0 atom stereocenters. The van der Waals surface area contributed by atoms with Crippen molar-refractivity contribution in [3.05, 3.63) is 59.5 Å². The fraction of sp³-hybridized carbons (Fsp3) is 0.158. The van der Waals surface area contributed by atoms with Gasteiger partial charge in [0, 0.05) is 6.07 Å². The molecule has 0 amide bonds. The first-order chi connectivity index (χ1) is 16.3. The summed E-state index contributed by atoms with van der Waals surface area (Å²) in [6.45, 7) is -0.284. The summed E-state index contributed by atoms with van der Waals surface area (Å²) in [6.07, 6.45) is -10.3. The van der Waals surface area contributed by atoms with Gasteiger partial charge in [0.15, 0.2) is 11.6 Å². The zero-order valence-corrected chi connectivity index (χ0v) is 16.7. The molecule has 1 aromatic heterocycles. The highest BCUT2D eigenvalue weighted by Gasteiger charge is 2.43. The number of nitrogens with zero attached hydrogens (tertiary/aromatic N) is 2. The van der Waals surface area contributed by atoms with E-state index in [1.54, 1.807) is 0 Å². The summed E-state index contributed by atoms with van der Waals surface area (Å²) in [6, 6.07) is 7.46. The maximum Gasteiger partial charge on any atom is 0.573 e. The molecule has 3 rings (SSSR count).